The Hall–Kier alpha value is -4.36. The Morgan fingerprint density at radius 2 is 0.762 bits per heavy atom. The van der Waals surface area contributed by atoms with E-state index in [9.17, 15) is 52.7 Å². The van der Waals surface area contributed by atoms with Gasteiger partial charge in [-0.2, -0.15) is 5.06 Å². The summed E-state index contributed by atoms with van der Waals surface area (Å²) in [6.07, 6.45) is 48.8. The standard InChI is InChI=1S/C13H23NO.C12H19NO.C12H21NO.C11H19NO.C11H17NO.C10H17NO.C10H15NO.C7H13NO2.C6H12N2O.C6H11NO2.C6H11NOS/c1-10(15)13-9-11-7-5-3-4-6-8-12(11)14(13)2;1-7(14)11-6-10-8-3-4-9(5-8)12(10)13(11)2;1-9(14)12-8-10-6-4-3-5-7-11(10)13(12)2;1-8(13)11-10-6-4-3-5-9(10)7-12(11)2;1-8(13)11-7-9-5-3-4-6-10(9)12(11)2;1-7(12)10-9-5-3-4-8(9)6-11(10)2;1-7(12)10-6-8-4-3-5-9(8)11(10)2;1-5(9)7-3-6(10)4-8(7)2;1-5(9)6-3-4-7-8(6)2;1-5(8)6-3-4-9-7(6)2;1-5(8)6-3-9-4-7(6)2/h11-13H,3-9H2,1-2H3;8-12H,3-6H2,1-2H3;10-12H,3-8H2,1-2H3;9-11H,3-7H2,1-2H3;4,6,9-11H,3,5,7H2,1-2H3;8-10H,3-6H2,1-2H3;3,5,8-10H,4,6H2,1-2H3;6-7,10H,3-4H2,1-2H3;6-7H,3-4H2,1-2H3;2*6H,3-4H2,1-2H3. The van der Waals surface area contributed by atoms with E-state index in [1.54, 1.807) is 88.3 Å². The SMILES string of the molecule is CC(=O)C1C2CCCC2CN1C.CC(=O)C1C2CCCCC2CN1C.CC(=O)C1CC(O)CN1C.CC(=O)C1CC2C3CCC(C3)C2N1C.CC(=O)C1CC2CC=CC2N1C.CC(=O)C1CC2CCC=CC2N1C.CC(=O)C1CC2CCCCCC2N1C.CC(=O)C1CC2CCCCCCC2N1C.CC(=O)C1CCNN1C.CC(=O)C1CCON1C.CC(=O)C1CSCN1C. The van der Waals surface area contributed by atoms with E-state index in [1.807, 2.05) is 42.8 Å². The number of thioether (sulfide) groups is 1. The molecule has 11 heterocycles. The molecule has 26 heteroatoms. The van der Waals surface area contributed by atoms with Crippen LogP contribution in [0, 0.1) is 65.1 Å². The molecule has 28 atom stereocenters. The number of allylic oxidation sites excluding steroid dienone is 2. The maximum atomic E-state index is 11.5. The molecule has 0 aromatic rings. The van der Waals surface area contributed by atoms with Gasteiger partial charge in [-0.3, -0.25) is 107 Å². The fourth-order valence-electron chi connectivity index (χ4n) is 27.5. The number of fused-ring (bicyclic) bond motifs is 11. The predicted octanol–water partition coefficient (Wildman–Crippen LogP) is 12.6. The molecule has 738 valence electrons. The van der Waals surface area contributed by atoms with E-state index < -0.39 is 0 Å². The zero-order valence-corrected chi connectivity index (χ0v) is 85.5. The number of β-amino-alcohol motifs (C(OH)–C–C–N with tert-alkyl or cyclic N) is 1. The molecule has 6 saturated carbocycles. The number of likely N-dealkylation sites (N-methyl/N-ethyl adjacent to an activating group) is 11. The molecule has 11 saturated heterocycles. The number of hydrogen-bond donors (Lipinski definition) is 2. The van der Waals surface area contributed by atoms with Crippen molar-refractivity contribution in [3.63, 3.8) is 0 Å². The topological polar surface area (TPSA) is 265 Å². The lowest BCUT2D eigenvalue weighted by Crippen LogP contribution is -2.40. The number of rotatable bonds is 11. The number of carbonyl (C=O) groups excluding carboxylic acids is 11. The number of aliphatic hydroxyl groups is 1. The van der Waals surface area contributed by atoms with Gasteiger partial charge in [-0.25, -0.2) is 5.01 Å². The Balaban J connectivity index is 0.000000162. The van der Waals surface area contributed by atoms with Crippen molar-refractivity contribution in [1.82, 2.24) is 59.6 Å². The van der Waals surface area contributed by atoms with E-state index in [0.29, 0.717) is 108 Å². The maximum absolute atomic E-state index is 11.5. The number of hydroxylamine groups is 2. The summed E-state index contributed by atoms with van der Waals surface area (Å²) in [7, 11) is 22.3. The highest BCUT2D eigenvalue weighted by Gasteiger charge is 2.56. The zero-order valence-electron chi connectivity index (χ0n) is 84.7. The van der Waals surface area contributed by atoms with Gasteiger partial charge in [-0.05, 0) is 346 Å². The van der Waals surface area contributed by atoms with Gasteiger partial charge in [0.25, 0.3) is 0 Å². The molecule has 17 fully saturated rings. The first kappa shape index (κ1) is 109. The van der Waals surface area contributed by atoms with Gasteiger partial charge in [0.2, 0.25) is 0 Å². The lowest BCUT2D eigenvalue weighted by Gasteiger charge is -2.30. The monoisotopic (exact) mass is 1840 g/mol. The summed E-state index contributed by atoms with van der Waals surface area (Å²) < 4.78 is 0. The highest BCUT2D eigenvalue weighted by molar-refractivity contribution is 7.99. The highest BCUT2D eigenvalue weighted by Crippen LogP contribution is 2.56. The quantitative estimate of drug-likeness (QED) is 0.182. The van der Waals surface area contributed by atoms with Crippen molar-refractivity contribution in [3.8, 4) is 0 Å². The number of hydrogen-bond acceptors (Lipinski definition) is 26. The third-order valence-corrected chi connectivity index (χ3v) is 35.5. The first-order valence-corrected chi connectivity index (χ1v) is 52.2. The van der Waals surface area contributed by atoms with Crippen LogP contribution in [0.5, 0.6) is 0 Å². The first-order chi connectivity index (χ1) is 61.6. The molecule has 25 nitrogen and oxygen atoms in total. The van der Waals surface area contributed by atoms with Crippen LogP contribution in [-0.4, -0.2) is 348 Å². The molecule has 0 aromatic heterocycles. The number of likely N-dealkylation sites (tertiary alicyclic amines) is 8. The van der Waals surface area contributed by atoms with Crippen LogP contribution < -0.4 is 5.43 Å². The Kier molecular flexibility index (Phi) is 43.6. The van der Waals surface area contributed by atoms with Crippen LogP contribution in [0.1, 0.15) is 282 Å². The van der Waals surface area contributed by atoms with Gasteiger partial charge < -0.3 is 5.11 Å². The van der Waals surface area contributed by atoms with Crippen LogP contribution in [0.25, 0.3) is 0 Å². The molecule has 19 aliphatic rings. The number of nitrogens with zero attached hydrogens (tertiary/aromatic N) is 11. The van der Waals surface area contributed by atoms with Crippen LogP contribution in [0.3, 0.4) is 0 Å². The van der Waals surface area contributed by atoms with Gasteiger partial charge in [0, 0.05) is 82.1 Å². The minimum atomic E-state index is -0.307. The molecule has 8 aliphatic carbocycles. The fourth-order valence-corrected chi connectivity index (χ4v) is 28.8. The summed E-state index contributed by atoms with van der Waals surface area (Å²) in [6.45, 7) is 23.1. The van der Waals surface area contributed by atoms with E-state index in [2.05, 4.69) is 118 Å². The predicted molar refractivity (Wildman–Crippen MR) is 520 cm³/mol. The van der Waals surface area contributed by atoms with Crippen molar-refractivity contribution in [2.24, 2.45) is 65.1 Å². The number of Topliss-reactive ketones (excluding diaryl/α,β-unsaturated/α-hetero) is 11. The number of ketones is 11. The van der Waals surface area contributed by atoms with E-state index in [0.717, 1.165) is 130 Å². The van der Waals surface area contributed by atoms with Crippen LogP contribution in [-0.2, 0) is 57.6 Å². The molecule has 2 bridgehead atoms. The van der Waals surface area contributed by atoms with Crippen LogP contribution >= 0.6 is 11.8 Å². The minimum Gasteiger partial charge on any atom is -0.392 e. The molecule has 2 N–H and O–H groups in total. The average Bonchev–Trinajstić information content (AvgIpc) is 1.58. The Bertz CT molecular complexity index is 3700. The molecular formula is C104H178N12O13S. The fraction of sp³-hybridized carbons (Fsp3) is 0.856. The first-order valence-electron chi connectivity index (χ1n) is 51.0. The Labute approximate surface area is 789 Å². The summed E-state index contributed by atoms with van der Waals surface area (Å²) in [5.74, 6) is 14.1. The minimum absolute atomic E-state index is 0.00463. The van der Waals surface area contributed by atoms with Crippen LogP contribution in [0.15, 0.2) is 24.3 Å². The number of aliphatic hydroxyl groups excluding tert-OH is 1. The van der Waals surface area contributed by atoms with Gasteiger partial charge in [-0.15, -0.1) is 11.8 Å². The maximum Gasteiger partial charge on any atom is 0.149 e. The second-order valence-corrected chi connectivity index (χ2v) is 44.2. The van der Waals surface area contributed by atoms with E-state index in [4.69, 9.17) is 9.94 Å². The molecular weight excluding hydrogens is 1660 g/mol. The van der Waals surface area contributed by atoms with Crippen molar-refractivity contribution in [3.05, 3.63) is 24.3 Å². The van der Waals surface area contributed by atoms with Gasteiger partial charge in [0.15, 0.2) is 0 Å². The van der Waals surface area contributed by atoms with Gasteiger partial charge in [0.1, 0.15) is 63.6 Å². The lowest BCUT2D eigenvalue weighted by atomic mass is 9.78. The molecule has 0 amide bonds. The summed E-state index contributed by atoms with van der Waals surface area (Å²) in [5, 5.41) is 12.6. The molecule has 19 rings (SSSR count). The van der Waals surface area contributed by atoms with E-state index >= 15 is 0 Å². The number of nitrogens with one attached hydrogen (secondary N) is 1. The van der Waals surface area contributed by atoms with Gasteiger partial charge in [0.05, 0.1) is 79.2 Å². The van der Waals surface area contributed by atoms with Crippen molar-refractivity contribution in [1.29, 1.82) is 0 Å². The Morgan fingerprint density at radius 3 is 1.17 bits per heavy atom. The second kappa shape index (κ2) is 51.9. The molecule has 130 heavy (non-hydrogen) atoms. The largest absolute Gasteiger partial charge is 0.392 e. The van der Waals surface area contributed by atoms with Crippen molar-refractivity contribution in [2.75, 3.05) is 122 Å². The zero-order chi connectivity index (χ0) is 95.4. The third kappa shape index (κ3) is 28.9. The van der Waals surface area contributed by atoms with Gasteiger partial charge in [-0.1, -0.05) is 88.5 Å². The summed E-state index contributed by atoms with van der Waals surface area (Å²) in [6, 6.07) is 5.02. The van der Waals surface area contributed by atoms with E-state index in [1.165, 1.54) is 154 Å². The molecule has 11 aliphatic heterocycles. The van der Waals surface area contributed by atoms with Crippen LogP contribution in [0.2, 0.25) is 0 Å². The lowest BCUT2D eigenvalue weighted by molar-refractivity contribution is -0.140. The Morgan fingerprint density at radius 1 is 0.331 bits per heavy atom. The van der Waals surface area contributed by atoms with E-state index in [-0.39, 0.29) is 89.9 Å². The summed E-state index contributed by atoms with van der Waals surface area (Å²) >= 11 is 1.82. The van der Waals surface area contributed by atoms with Crippen molar-refractivity contribution >= 4 is 75.4 Å². The molecule has 0 aromatic carbocycles. The summed E-state index contributed by atoms with van der Waals surface area (Å²) in [4.78, 5) is 148. The molecule has 0 spiro atoms. The smallest absolute Gasteiger partial charge is 0.149 e. The van der Waals surface area contributed by atoms with Gasteiger partial charge >= 0.3 is 0 Å². The molecule has 0 radical (unpaired) electrons. The highest BCUT2D eigenvalue weighted by atomic mass is 32.2. The molecule has 28 unspecified atom stereocenters. The summed E-state index contributed by atoms with van der Waals surface area (Å²) in [5.41, 5.74) is 3.06. The third-order valence-electron chi connectivity index (χ3n) is 34.4. The van der Waals surface area contributed by atoms with Crippen molar-refractivity contribution in [2.45, 2.75) is 384 Å². The number of carbonyl (C=O) groups is 11. The average molecular weight is 1840 g/mol. The van der Waals surface area contributed by atoms with Crippen molar-refractivity contribution < 1.29 is 62.7 Å². The second-order valence-electron chi connectivity index (χ2n) is 43.2. The normalized spacial score (nSPS) is 38.3. The van der Waals surface area contributed by atoms with Crippen LogP contribution in [0.4, 0.5) is 0 Å². The number of hydrazine groups is 1.